The Labute approximate surface area is 88.6 Å². The van der Waals surface area contributed by atoms with E-state index in [4.69, 9.17) is 5.73 Å². The van der Waals surface area contributed by atoms with Crippen LogP contribution in [0.3, 0.4) is 0 Å². The second kappa shape index (κ2) is 5.03. The quantitative estimate of drug-likeness (QED) is 0.761. The molecule has 0 amide bonds. The Morgan fingerprint density at radius 2 is 2.07 bits per heavy atom. The lowest BCUT2D eigenvalue weighted by molar-refractivity contribution is 0.337. The van der Waals surface area contributed by atoms with Crippen molar-refractivity contribution in [3.63, 3.8) is 0 Å². The molecule has 1 rings (SSSR count). The van der Waals surface area contributed by atoms with Crippen LogP contribution in [-0.2, 0) is 0 Å². The zero-order valence-corrected chi connectivity index (χ0v) is 8.71. The number of hydrogen-bond donors (Lipinski definition) is 1. The van der Waals surface area contributed by atoms with E-state index in [1.54, 1.807) is 25.1 Å². The topological polar surface area (TPSA) is 26.0 Å². The van der Waals surface area contributed by atoms with Gasteiger partial charge in [-0.05, 0) is 18.6 Å². The first-order valence-corrected chi connectivity index (χ1v) is 4.82. The summed E-state index contributed by atoms with van der Waals surface area (Å²) >= 11 is 0. The molecule has 0 heterocycles. The summed E-state index contributed by atoms with van der Waals surface area (Å²) in [6, 6.07) is 5.54. The molecule has 0 bridgehead atoms. The molecule has 82 valence electrons. The van der Waals surface area contributed by atoms with E-state index < -0.39 is 12.2 Å². The molecule has 3 heteroatoms. The summed E-state index contributed by atoms with van der Waals surface area (Å²) in [7, 11) is 0. The van der Waals surface area contributed by atoms with E-state index in [9.17, 15) is 8.78 Å². The van der Waals surface area contributed by atoms with Gasteiger partial charge in [-0.15, -0.1) is 0 Å². The Kier molecular flexibility index (Phi) is 3.97. The first kappa shape index (κ1) is 11.9. The lowest BCUT2D eigenvalue weighted by Crippen LogP contribution is -2.17. The van der Waals surface area contributed by atoms with E-state index in [2.05, 4.69) is 6.58 Å². The number of halogens is 2. The summed E-state index contributed by atoms with van der Waals surface area (Å²) in [5.74, 6) is -0.390. The molecule has 0 fully saturated rings. The van der Waals surface area contributed by atoms with Crippen molar-refractivity contribution in [2.24, 2.45) is 5.73 Å². The van der Waals surface area contributed by atoms with Crippen LogP contribution in [0.4, 0.5) is 8.78 Å². The van der Waals surface area contributed by atoms with Crippen LogP contribution in [0.1, 0.15) is 24.9 Å². The van der Waals surface area contributed by atoms with Gasteiger partial charge in [0.1, 0.15) is 12.0 Å². The second-order valence-electron chi connectivity index (χ2n) is 3.68. The van der Waals surface area contributed by atoms with Crippen molar-refractivity contribution >= 4 is 0 Å². The van der Waals surface area contributed by atoms with Gasteiger partial charge in [-0.1, -0.05) is 24.8 Å². The van der Waals surface area contributed by atoms with Gasteiger partial charge in [-0.3, -0.25) is 0 Å². The maximum absolute atomic E-state index is 13.3. The SMILES string of the molecule is C=C(C)C(F)CC(N)c1ccccc1F. The van der Waals surface area contributed by atoms with Gasteiger partial charge in [0.2, 0.25) is 0 Å². The molecule has 0 aliphatic heterocycles. The van der Waals surface area contributed by atoms with Gasteiger partial charge in [0.15, 0.2) is 0 Å². The Bertz CT molecular complexity index is 349. The highest BCUT2D eigenvalue weighted by Crippen LogP contribution is 2.22. The minimum absolute atomic E-state index is 0.0657. The summed E-state index contributed by atoms with van der Waals surface area (Å²) in [6.45, 7) is 5.10. The fourth-order valence-corrected chi connectivity index (χ4v) is 1.33. The van der Waals surface area contributed by atoms with E-state index in [1.165, 1.54) is 6.07 Å². The fraction of sp³-hybridized carbons (Fsp3) is 0.333. The molecule has 2 unspecified atom stereocenters. The molecule has 0 aromatic heterocycles. The average molecular weight is 211 g/mol. The molecule has 2 atom stereocenters. The van der Waals surface area contributed by atoms with Gasteiger partial charge >= 0.3 is 0 Å². The van der Waals surface area contributed by atoms with Crippen LogP contribution >= 0.6 is 0 Å². The third kappa shape index (κ3) is 3.13. The highest BCUT2D eigenvalue weighted by atomic mass is 19.1. The summed E-state index contributed by atoms with van der Waals surface area (Å²) in [5, 5.41) is 0. The minimum atomic E-state index is -1.18. The molecule has 0 saturated heterocycles. The molecule has 0 saturated carbocycles. The molecule has 0 aliphatic carbocycles. The van der Waals surface area contributed by atoms with E-state index in [0.29, 0.717) is 11.1 Å². The predicted molar refractivity (Wildman–Crippen MR) is 57.7 cm³/mol. The van der Waals surface area contributed by atoms with Crippen LogP contribution < -0.4 is 5.73 Å². The van der Waals surface area contributed by atoms with Crippen molar-refractivity contribution in [1.29, 1.82) is 0 Å². The Hall–Kier alpha value is -1.22. The molecule has 0 aliphatic rings. The number of rotatable bonds is 4. The first-order chi connectivity index (χ1) is 7.02. The van der Waals surface area contributed by atoms with Crippen LogP contribution in [0, 0.1) is 5.82 Å². The van der Waals surface area contributed by atoms with E-state index >= 15 is 0 Å². The van der Waals surface area contributed by atoms with E-state index in [1.807, 2.05) is 0 Å². The van der Waals surface area contributed by atoms with Crippen LogP contribution in [0.25, 0.3) is 0 Å². The average Bonchev–Trinajstić information content (AvgIpc) is 2.18. The predicted octanol–water partition coefficient (Wildman–Crippen LogP) is 3.13. The van der Waals surface area contributed by atoms with Crippen molar-refractivity contribution in [1.82, 2.24) is 0 Å². The minimum Gasteiger partial charge on any atom is -0.324 e. The standard InChI is InChI=1S/C12H15F2N/c1-8(2)11(14)7-12(15)9-5-3-4-6-10(9)13/h3-6,11-12H,1,7,15H2,2H3. The smallest absolute Gasteiger partial charge is 0.127 e. The summed E-state index contributed by atoms with van der Waals surface area (Å²) in [5.41, 5.74) is 6.48. The molecule has 1 nitrogen and oxygen atoms in total. The van der Waals surface area contributed by atoms with Crippen LogP contribution in [-0.4, -0.2) is 6.17 Å². The number of allylic oxidation sites excluding steroid dienone is 1. The normalized spacial score (nSPS) is 14.7. The Morgan fingerprint density at radius 3 is 2.60 bits per heavy atom. The molecule has 0 spiro atoms. The van der Waals surface area contributed by atoms with Gasteiger partial charge in [0.25, 0.3) is 0 Å². The molecular weight excluding hydrogens is 196 g/mol. The van der Waals surface area contributed by atoms with Crippen LogP contribution in [0.5, 0.6) is 0 Å². The van der Waals surface area contributed by atoms with Gasteiger partial charge in [-0.25, -0.2) is 8.78 Å². The molecular formula is C12H15F2N. The lowest BCUT2D eigenvalue weighted by Gasteiger charge is -2.15. The zero-order chi connectivity index (χ0) is 11.4. The summed E-state index contributed by atoms with van der Waals surface area (Å²) < 4.78 is 26.6. The monoisotopic (exact) mass is 211 g/mol. The third-order valence-corrected chi connectivity index (χ3v) is 2.30. The van der Waals surface area contributed by atoms with Crippen molar-refractivity contribution in [3.05, 3.63) is 47.8 Å². The molecule has 15 heavy (non-hydrogen) atoms. The molecule has 1 aromatic carbocycles. The largest absolute Gasteiger partial charge is 0.324 e. The first-order valence-electron chi connectivity index (χ1n) is 4.82. The fourth-order valence-electron chi connectivity index (χ4n) is 1.33. The second-order valence-corrected chi connectivity index (χ2v) is 3.68. The van der Waals surface area contributed by atoms with Crippen molar-refractivity contribution < 1.29 is 8.78 Å². The van der Waals surface area contributed by atoms with E-state index in [-0.39, 0.29) is 12.2 Å². The number of benzene rings is 1. The van der Waals surface area contributed by atoms with Crippen LogP contribution in [0.15, 0.2) is 36.4 Å². The van der Waals surface area contributed by atoms with Crippen molar-refractivity contribution in [2.75, 3.05) is 0 Å². The number of alkyl halides is 1. The van der Waals surface area contributed by atoms with E-state index in [0.717, 1.165) is 0 Å². The Morgan fingerprint density at radius 1 is 1.47 bits per heavy atom. The maximum atomic E-state index is 13.3. The molecule has 1 aromatic rings. The highest BCUT2D eigenvalue weighted by Gasteiger charge is 2.16. The van der Waals surface area contributed by atoms with Crippen molar-refractivity contribution in [3.8, 4) is 0 Å². The summed E-state index contributed by atoms with van der Waals surface area (Å²) in [6.07, 6.45) is -1.12. The molecule has 0 radical (unpaired) electrons. The van der Waals surface area contributed by atoms with Crippen LogP contribution in [0.2, 0.25) is 0 Å². The summed E-state index contributed by atoms with van der Waals surface area (Å²) in [4.78, 5) is 0. The third-order valence-electron chi connectivity index (χ3n) is 2.30. The van der Waals surface area contributed by atoms with Gasteiger partial charge < -0.3 is 5.73 Å². The Balaban J connectivity index is 2.73. The van der Waals surface area contributed by atoms with Crippen molar-refractivity contribution in [2.45, 2.75) is 25.6 Å². The van der Waals surface area contributed by atoms with Gasteiger partial charge in [-0.2, -0.15) is 0 Å². The highest BCUT2D eigenvalue weighted by molar-refractivity contribution is 5.21. The molecule has 2 N–H and O–H groups in total. The number of nitrogens with two attached hydrogens (primary N) is 1. The number of hydrogen-bond acceptors (Lipinski definition) is 1. The van der Waals surface area contributed by atoms with Gasteiger partial charge in [0.05, 0.1) is 0 Å². The maximum Gasteiger partial charge on any atom is 0.127 e. The zero-order valence-electron chi connectivity index (χ0n) is 8.71. The lowest BCUT2D eigenvalue weighted by atomic mass is 9.99. The van der Waals surface area contributed by atoms with Gasteiger partial charge in [0, 0.05) is 18.0 Å².